The predicted octanol–water partition coefficient (Wildman–Crippen LogP) is 3.49. The molecule has 0 spiro atoms. The smallest absolute Gasteiger partial charge is 0.121 e. The van der Waals surface area contributed by atoms with Gasteiger partial charge in [0.15, 0.2) is 0 Å². The SMILES string of the molecule is Cc1cc(CN2C[C@H](C)C[C@H](C)C2)cc(C)c1O. The summed E-state index contributed by atoms with van der Waals surface area (Å²) in [6, 6.07) is 4.23. The lowest BCUT2D eigenvalue weighted by Gasteiger charge is -2.35. The molecule has 0 unspecified atom stereocenters. The first-order chi connectivity index (χ1) is 8.45. The molecule has 0 saturated carbocycles. The summed E-state index contributed by atoms with van der Waals surface area (Å²) in [5.74, 6) is 2.04. The third-order valence-corrected chi connectivity index (χ3v) is 3.90. The Hall–Kier alpha value is -1.02. The highest BCUT2D eigenvalue weighted by atomic mass is 16.3. The second kappa shape index (κ2) is 5.31. The lowest BCUT2D eigenvalue weighted by Crippen LogP contribution is -2.38. The van der Waals surface area contributed by atoms with Gasteiger partial charge in [0.05, 0.1) is 0 Å². The van der Waals surface area contributed by atoms with Gasteiger partial charge in [-0.2, -0.15) is 0 Å². The van der Waals surface area contributed by atoms with Crippen LogP contribution in [0.5, 0.6) is 5.75 Å². The number of likely N-dealkylation sites (tertiary alicyclic amines) is 1. The molecule has 0 amide bonds. The summed E-state index contributed by atoms with van der Waals surface area (Å²) in [5, 5.41) is 9.81. The van der Waals surface area contributed by atoms with Crippen molar-refractivity contribution in [1.82, 2.24) is 4.90 Å². The van der Waals surface area contributed by atoms with Crippen LogP contribution in [0.15, 0.2) is 12.1 Å². The minimum Gasteiger partial charge on any atom is -0.507 e. The zero-order valence-electron chi connectivity index (χ0n) is 12.0. The molecule has 0 radical (unpaired) electrons. The number of aromatic hydroxyl groups is 1. The minimum absolute atomic E-state index is 0.444. The van der Waals surface area contributed by atoms with Gasteiger partial charge in [-0.25, -0.2) is 0 Å². The van der Waals surface area contributed by atoms with Crippen LogP contribution in [0, 0.1) is 25.7 Å². The number of rotatable bonds is 2. The molecule has 1 aliphatic rings. The molecule has 1 N–H and O–H groups in total. The first-order valence-electron chi connectivity index (χ1n) is 6.97. The topological polar surface area (TPSA) is 23.5 Å². The number of aryl methyl sites for hydroxylation is 2. The number of piperidine rings is 1. The Morgan fingerprint density at radius 2 is 1.61 bits per heavy atom. The van der Waals surface area contributed by atoms with E-state index in [1.807, 2.05) is 13.8 Å². The minimum atomic E-state index is 0.444. The molecule has 1 heterocycles. The molecule has 100 valence electrons. The molecule has 0 bridgehead atoms. The van der Waals surface area contributed by atoms with E-state index in [0.29, 0.717) is 5.75 Å². The summed E-state index contributed by atoms with van der Waals surface area (Å²) >= 11 is 0. The van der Waals surface area contributed by atoms with Crippen molar-refractivity contribution in [2.45, 2.75) is 40.7 Å². The molecule has 2 heteroatoms. The first kappa shape index (κ1) is 13.4. The fraction of sp³-hybridized carbons (Fsp3) is 0.625. The molecule has 1 aliphatic heterocycles. The third-order valence-electron chi connectivity index (χ3n) is 3.90. The van der Waals surface area contributed by atoms with Gasteiger partial charge in [-0.05, 0) is 48.8 Å². The molecular formula is C16H25NO. The number of hydrogen-bond donors (Lipinski definition) is 1. The van der Waals surface area contributed by atoms with Crippen molar-refractivity contribution in [2.24, 2.45) is 11.8 Å². The van der Waals surface area contributed by atoms with E-state index in [-0.39, 0.29) is 0 Å². The monoisotopic (exact) mass is 247 g/mol. The Balaban J connectivity index is 2.09. The van der Waals surface area contributed by atoms with Gasteiger partial charge in [0.25, 0.3) is 0 Å². The standard InChI is InChI=1S/C16H25NO/c1-11-5-12(2)9-17(8-11)10-15-6-13(3)16(18)14(4)7-15/h6-7,11-12,18H,5,8-10H2,1-4H3/t11-,12+. The number of phenols is 1. The van der Waals surface area contributed by atoms with Crippen molar-refractivity contribution in [3.63, 3.8) is 0 Å². The maximum atomic E-state index is 9.81. The molecule has 0 aliphatic carbocycles. The molecule has 1 aromatic rings. The molecule has 2 rings (SSSR count). The molecule has 2 nitrogen and oxygen atoms in total. The Morgan fingerprint density at radius 3 is 2.11 bits per heavy atom. The van der Waals surface area contributed by atoms with Crippen LogP contribution in [0.4, 0.5) is 0 Å². The lowest BCUT2D eigenvalue weighted by molar-refractivity contribution is 0.134. The Labute approximate surface area is 111 Å². The molecule has 1 saturated heterocycles. The Morgan fingerprint density at radius 1 is 1.11 bits per heavy atom. The summed E-state index contributed by atoms with van der Waals surface area (Å²) in [4.78, 5) is 2.55. The van der Waals surface area contributed by atoms with Gasteiger partial charge in [0.2, 0.25) is 0 Å². The highest BCUT2D eigenvalue weighted by Crippen LogP contribution is 2.26. The van der Waals surface area contributed by atoms with E-state index in [0.717, 1.165) is 29.5 Å². The predicted molar refractivity (Wildman–Crippen MR) is 75.8 cm³/mol. The van der Waals surface area contributed by atoms with E-state index in [2.05, 4.69) is 30.9 Å². The van der Waals surface area contributed by atoms with Crippen LogP contribution in [-0.2, 0) is 6.54 Å². The number of nitrogens with zero attached hydrogens (tertiary/aromatic N) is 1. The summed E-state index contributed by atoms with van der Waals surface area (Å²) < 4.78 is 0. The van der Waals surface area contributed by atoms with Gasteiger partial charge in [0, 0.05) is 19.6 Å². The molecule has 18 heavy (non-hydrogen) atoms. The summed E-state index contributed by atoms with van der Waals surface area (Å²) in [6.45, 7) is 12.1. The maximum absolute atomic E-state index is 9.81. The van der Waals surface area contributed by atoms with Crippen LogP contribution in [-0.4, -0.2) is 23.1 Å². The summed E-state index contributed by atoms with van der Waals surface area (Å²) in [5.41, 5.74) is 3.30. The van der Waals surface area contributed by atoms with Crippen molar-refractivity contribution in [2.75, 3.05) is 13.1 Å². The highest BCUT2D eigenvalue weighted by molar-refractivity contribution is 5.42. The van der Waals surface area contributed by atoms with Gasteiger partial charge in [-0.1, -0.05) is 26.0 Å². The Bertz CT molecular complexity index is 394. The van der Waals surface area contributed by atoms with Crippen molar-refractivity contribution >= 4 is 0 Å². The van der Waals surface area contributed by atoms with Crippen LogP contribution < -0.4 is 0 Å². The third kappa shape index (κ3) is 3.05. The van der Waals surface area contributed by atoms with E-state index >= 15 is 0 Å². The summed E-state index contributed by atoms with van der Waals surface area (Å²) in [6.07, 6.45) is 1.35. The van der Waals surface area contributed by atoms with E-state index in [4.69, 9.17) is 0 Å². The fourth-order valence-corrected chi connectivity index (χ4v) is 3.32. The van der Waals surface area contributed by atoms with Crippen LogP contribution in [0.3, 0.4) is 0 Å². The van der Waals surface area contributed by atoms with Gasteiger partial charge >= 0.3 is 0 Å². The average Bonchev–Trinajstić information content (AvgIpc) is 2.24. The molecular weight excluding hydrogens is 222 g/mol. The van der Waals surface area contributed by atoms with E-state index in [9.17, 15) is 5.11 Å². The van der Waals surface area contributed by atoms with Crippen molar-refractivity contribution in [3.05, 3.63) is 28.8 Å². The van der Waals surface area contributed by atoms with E-state index in [1.165, 1.54) is 25.1 Å². The highest BCUT2D eigenvalue weighted by Gasteiger charge is 2.21. The van der Waals surface area contributed by atoms with E-state index in [1.54, 1.807) is 0 Å². The maximum Gasteiger partial charge on any atom is 0.121 e. The normalized spacial score (nSPS) is 25.3. The van der Waals surface area contributed by atoms with Crippen LogP contribution >= 0.6 is 0 Å². The molecule has 1 fully saturated rings. The van der Waals surface area contributed by atoms with Gasteiger partial charge in [-0.15, -0.1) is 0 Å². The van der Waals surface area contributed by atoms with Crippen LogP contribution in [0.2, 0.25) is 0 Å². The van der Waals surface area contributed by atoms with Crippen molar-refractivity contribution in [1.29, 1.82) is 0 Å². The zero-order chi connectivity index (χ0) is 13.3. The zero-order valence-corrected chi connectivity index (χ0v) is 12.0. The first-order valence-corrected chi connectivity index (χ1v) is 6.97. The largest absolute Gasteiger partial charge is 0.507 e. The molecule has 0 aromatic heterocycles. The second-order valence-corrected chi connectivity index (χ2v) is 6.22. The van der Waals surface area contributed by atoms with Crippen LogP contribution in [0.1, 0.15) is 37.0 Å². The molecule has 2 atom stereocenters. The van der Waals surface area contributed by atoms with Crippen molar-refractivity contribution in [3.8, 4) is 5.75 Å². The van der Waals surface area contributed by atoms with Gasteiger partial charge in [-0.3, -0.25) is 4.90 Å². The fourth-order valence-electron chi connectivity index (χ4n) is 3.32. The van der Waals surface area contributed by atoms with E-state index < -0.39 is 0 Å². The average molecular weight is 247 g/mol. The quantitative estimate of drug-likeness (QED) is 0.864. The van der Waals surface area contributed by atoms with Gasteiger partial charge in [0.1, 0.15) is 5.75 Å². The number of phenolic OH excluding ortho intramolecular Hbond substituents is 1. The number of benzene rings is 1. The molecule has 1 aromatic carbocycles. The lowest BCUT2D eigenvalue weighted by atomic mass is 9.91. The van der Waals surface area contributed by atoms with Gasteiger partial charge < -0.3 is 5.11 Å². The summed E-state index contributed by atoms with van der Waals surface area (Å²) in [7, 11) is 0. The van der Waals surface area contributed by atoms with Crippen LogP contribution in [0.25, 0.3) is 0 Å². The Kier molecular flexibility index (Phi) is 3.96. The number of hydrogen-bond acceptors (Lipinski definition) is 2. The van der Waals surface area contributed by atoms with Crippen molar-refractivity contribution < 1.29 is 5.11 Å². The second-order valence-electron chi connectivity index (χ2n) is 6.22.